The van der Waals surface area contributed by atoms with E-state index in [2.05, 4.69) is 5.32 Å². The van der Waals surface area contributed by atoms with Crippen molar-refractivity contribution in [3.63, 3.8) is 0 Å². The maximum absolute atomic E-state index is 13.4. The fourth-order valence-electron chi connectivity index (χ4n) is 4.64. The lowest BCUT2D eigenvalue weighted by atomic mass is 9.66. The number of carbonyl (C=O) groups is 3. The van der Waals surface area contributed by atoms with Crippen LogP contribution in [0, 0.1) is 10.8 Å². The number of hydrogen-bond acceptors (Lipinski definition) is 6. The molecule has 2 atom stereocenters. The van der Waals surface area contributed by atoms with Gasteiger partial charge in [0.15, 0.2) is 5.60 Å². The van der Waals surface area contributed by atoms with Gasteiger partial charge in [0.25, 0.3) is 5.91 Å². The summed E-state index contributed by atoms with van der Waals surface area (Å²) in [5.41, 5.74) is -0.728. The van der Waals surface area contributed by atoms with E-state index in [0.29, 0.717) is 29.0 Å². The molecule has 1 saturated heterocycles. The Labute approximate surface area is 179 Å². The lowest BCUT2D eigenvalue weighted by Gasteiger charge is -2.35. The number of thiophene rings is 1. The zero-order valence-corrected chi connectivity index (χ0v) is 18.4. The number of nitrogens with one attached hydrogen (secondary N) is 1. The van der Waals surface area contributed by atoms with Gasteiger partial charge in [-0.3, -0.25) is 9.59 Å². The number of amides is 1. The number of fused-ring (bicyclic) bond motifs is 2. The first-order chi connectivity index (χ1) is 14.2. The van der Waals surface area contributed by atoms with E-state index in [1.807, 2.05) is 56.5 Å². The predicted octanol–water partition coefficient (Wildman–Crippen LogP) is 4.65. The highest BCUT2D eigenvalue weighted by Gasteiger charge is 2.75. The highest BCUT2D eigenvalue weighted by Crippen LogP contribution is 2.65. The van der Waals surface area contributed by atoms with Crippen LogP contribution in [0.4, 0.5) is 5.00 Å². The summed E-state index contributed by atoms with van der Waals surface area (Å²) in [6.45, 7) is 7.63. The van der Waals surface area contributed by atoms with E-state index in [1.54, 1.807) is 6.92 Å². The van der Waals surface area contributed by atoms with Crippen LogP contribution < -0.4 is 5.32 Å². The monoisotopic (exact) mass is 427 g/mol. The summed E-state index contributed by atoms with van der Waals surface area (Å²) in [5.74, 6) is -1.23. The fraction of sp³-hybridized carbons (Fsp3) is 0.435. The first-order valence-corrected chi connectivity index (χ1v) is 10.9. The molecule has 1 amide bonds. The fourth-order valence-corrected chi connectivity index (χ4v) is 5.59. The molecule has 2 bridgehead atoms. The molecule has 1 aromatic heterocycles. The molecule has 2 aromatic rings. The molecule has 1 aliphatic carbocycles. The summed E-state index contributed by atoms with van der Waals surface area (Å²) in [6.07, 6.45) is 1.05. The van der Waals surface area contributed by atoms with E-state index in [1.165, 1.54) is 11.3 Å². The summed E-state index contributed by atoms with van der Waals surface area (Å²) >= 11 is 1.26. The average Bonchev–Trinajstić information content (AvgIpc) is 3.26. The molecule has 1 saturated carbocycles. The van der Waals surface area contributed by atoms with Crippen molar-refractivity contribution >= 4 is 34.2 Å². The molecule has 4 rings (SSSR count). The maximum atomic E-state index is 13.4. The van der Waals surface area contributed by atoms with Crippen molar-refractivity contribution in [1.29, 1.82) is 0 Å². The Morgan fingerprint density at radius 3 is 2.43 bits per heavy atom. The normalized spacial score (nSPS) is 26.3. The van der Waals surface area contributed by atoms with Crippen LogP contribution in [-0.4, -0.2) is 30.1 Å². The number of hydrogen-bond donors (Lipinski definition) is 1. The summed E-state index contributed by atoms with van der Waals surface area (Å²) in [7, 11) is 0. The quantitative estimate of drug-likeness (QED) is 0.703. The smallest absolute Gasteiger partial charge is 0.341 e. The largest absolute Gasteiger partial charge is 0.462 e. The van der Waals surface area contributed by atoms with Gasteiger partial charge >= 0.3 is 11.9 Å². The van der Waals surface area contributed by atoms with Gasteiger partial charge in [-0.05, 0) is 32.3 Å². The van der Waals surface area contributed by atoms with E-state index in [9.17, 15) is 14.4 Å². The summed E-state index contributed by atoms with van der Waals surface area (Å²) in [6, 6.07) is 9.48. The molecule has 0 unspecified atom stereocenters. The molecule has 0 radical (unpaired) electrons. The van der Waals surface area contributed by atoms with Crippen molar-refractivity contribution in [2.75, 3.05) is 11.9 Å². The van der Waals surface area contributed by atoms with Crippen LogP contribution >= 0.6 is 11.3 Å². The minimum Gasteiger partial charge on any atom is -0.462 e. The Kier molecular flexibility index (Phi) is 4.77. The van der Waals surface area contributed by atoms with Crippen LogP contribution in [0.5, 0.6) is 0 Å². The molecular weight excluding hydrogens is 402 g/mol. The number of carbonyl (C=O) groups excluding carboxylic acids is 3. The van der Waals surface area contributed by atoms with Crippen molar-refractivity contribution < 1.29 is 23.9 Å². The predicted molar refractivity (Wildman–Crippen MR) is 114 cm³/mol. The first kappa shape index (κ1) is 20.6. The van der Waals surface area contributed by atoms with Gasteiger partial charge in [0.05, 0.1) is 12.0 Å². The topological polar surface area (TPSA) is 81.7 Å². The third-order valence-electron chi connectivity index (χ3n) is 7.03. The zero-order chi connectivity index (χ0) is 21.7. The Morgan fingerprint density at radius 2 is 1.87 bits per heavy atom. The molecule has 158 valence electrons. The molecule has 30 heavy (non-hydrogen) atoms. The van der Waals surface area contributed by atoms with E-state index >= 15 is 0 Å². The van der Waals surface area contributed by atoms with Crippen molar-refractivity contribution in [3.05, 3.63) is 41.3 Å². The third-order valence-corrected chi connectivity index (χ3v) is 7.93. The SMILES string of the molecule is CCOC(=O)c1c(-c2ccccc2)csc1NC(=O)[C@@]12CC[C@](C)(C(=O)O1)C2(C)C. The van der Waals surface area contributed by atoms with Crippen LogP contribution in [0.1, 0.15) is 50.9 Å². The Balaban J connectivity index is 1.72. The van der Waals surface area contributed by atoms with Crippen LogP contribution in [-0.2, 0) is 19.1 Å². The number of benzene rings is 1. The van der Waals surface area contributed by atoms with Crippen molar-refractivity contribution in [3.8, 4) is 11.1 Å². The van der Waals surface area contributed by atoms with Gasteiger partial charge in [0, 0.05) is 16.4 Å². The maximum Gasteiger partial charge on any atom is 0.341 e. The van der Waals surface area contributed by atoms with Crippen molar-refractivity contribution in [2.24, 2.45) is 10.8 Å². The number of esters is 2. The molecule has 2 fully saturated rings. The molecule has 1 N–H and O–H groups in total. The van der Waals surface area contributed by atoms with Crippen LogP contribution in [0.25, 0.3) is 11.1 Å². The third kappa shape index (κ3) is 2.64. The zero-order valence-electron chi connectivity index (χ0n) is 17.5. The molecule has 2 aliphatic rings. The van der Waals surface area contributed by atoms with Gasteiger partial charge in [0.1, 0.15) is 10.6 Å². The van der Waals surface area contributed by atoms with E-state index in [4.69, 9.17) is 9.47 Å². The van der Waals surface area contributed by atoms with E-state index < -0.39 is 28.3 Å². The lowest BCUT2D eigenvalue weighted by Crippen LogP contribution is -2.50. The van der Waals surface area contributed by atoms with E-state index in [-0.39, 0.29) is 12.6 Å². The molecule has 0 spiro atoms. The first-order valence-electron chi connectivity index (χ1n) is 10.1. The van der Waals surface area contributed by atoms with Crippen molar-refractivity contribution in [1.82, 2.24) is 0 Å². The summed E-state index contributed by atoms with van der Waals surface area (Å²) < 4.78 is 10.9. The van der Waals surface area contributed by atoms with Gasteiger partial charge in [0.2, 0.25) is 0 Å². The Bertz CT molecular complexity index is 1030. The number of ether oxygens (including phenoxy) is 2. The molecule has 2 heterocycles. The second kappa shape index (κ2) is 6.94. The highest BCUT2D eigenvalue weighted by molar-refractivity contribution is 7.15. The van der Waals surface area contributed by atoms with Gasteiger partial charge in [-0.15, -0.1) is 11.3 Å². The Hall–Kier alpha value is -2.67. The summed E-state index contributed by atoms with van der Waals surface area (Å²) in [4.78, 5) is 38.7. The molecule has 1 aliphatic heterocycles. The van der Waals surface area contributed by atoms with Gasteiger partial charge < -0.3 is 14.8 Å². The second-order valence-electron chi connectivity index (χ2n) is 8.57. The molecule has 1 aromatic carbocycles. The number of anilines is 1. The Morgan fingerprint density at radius 1 is 1.17 bits per heavy atom. The van der Waals surface area contributed by atoms with Crippen LogP contribution in [0.3, 0.4) is 0 Å². The average molecular weight is 428 g/mol. The molecule has 7 heteroatoms. The van der Waals surface area contributed by atoms with Crippen molar-refractivity contribution in [2.45, 2.75) is 46.1 Å². The molecular formula is C23H25NO5S. The molecule has 6 nitrogen and oxygen atoms in total. The minimum atomic E-state index is -1.25. The van der Waals surface area contributed by atoms with Crippen LogP contribution in [0.2, 0.25) is 0 Å². The number of rotatable bonds is 5. The minimum absolute atomic E-state index is 0.225. The van der Waals surface area contributed by atoms with Crippen LogP contribution in [0.15, 0.2) is 35.7 Å². The highest BCUT2D eigenvalue weighted by atomic mass is 32.1. The van der Waals surface area contributed by atoms with Gasteiger partial charge in [-0.2, -0.15) is 0 Å². The van der Waals surface area contributed by atoms with Gasteiger partial charge in [-0.25, -0.2) is 4.79 Å². The van der Waals surface area contributed by atoms with Gasteiger partial charge in [-0.1, -0.05) is 44.2 Å². The standard InChI is InChI=1S/C23H25NO5S/c1-5-28-18(25)16-15(14-9-7-6-8-10-14)13-30-17(16)24-19(26)23-12-11-22(4,20(27)29-23)21(23,2)3/h6-10,13H,5,11-12H2,1-4H3,(H,24,26)/t22-,23-/m1/s1. The summed E-state index contributed by atoms with van der Waals surface area (Å²) in [5, 5.41) is 5.13. The van der Waals surface area contributed by atoms with E-state index in [0.717, 1.165) is 5.56 Å². The lowest BCUT2D eigenvalue weighted by molar-refractivity contribution is -0.165. The second-order valence-corrected chi connectivity index (χ2v) is 9.45.